The van der Waals surface area contributed by atoms with Gasteiger partial charge in [0.05, 0.1) is 4.90 Å². The van der Waals surface area contributed by atoms with Crippen molar-refractivity contribution in [3.63, 3.8) is 0 Å². The number of sulfonamides is 1. The number of amides is 1. The standard InChI is InChI=1S/C22H20N2O4S/c1-16(25)18-9-13-21(14-10-18)29(27,28)24-20-11-7-19(8-12-20)22(26)23-15-17-5-3-2-4-6-17/h2-14,24H,15H2,1H3,(H,23,26). The van der Waals surface area contributed by atoms with Crippen LogP contribution >= 0.6 is 0 Å². The molecule has 3 rings (SSSR count). The number of carbonyl (C=O) groups is 2. The highest BCUT2D eigenvalue weighted by atomic mass is 32.2. The molecular formula is C22H20N2O4S. The quantitative estimate of drug-likeness (QED) is 0.584. The molecule has 0 aliphatic rings. The van der Waals surface area contributed by atoms with Crippen LogP contribution in [-0.4, -0.2) is 20.1 Å². The maximum atomic E-state index is 12.5. The highest BCUT2D eigenvalue weighted by Crippen LogP contribution is 2.17. The second-order valence-electron chi connectivity index (χ2n) is 6.43. The summed E-state index contributed by atoms with van der Waals surface area (Å²) < 4.78 is 27.4. The van der Waals surface area contributed by atoms with Gasteiger partial charge in [-0.05, 0) is 48.9 Å². The smallest absolute Gasteiger partial charge is 0.261 e. The molecule has 0 spiro atoms. The van der Waals surface area contributed by atoms with Gasteiger partial charge in [0.15, 0.2) is 5.78 Å². The Morgan fingerprint density at radius 1 is 0.793 bits per heavy atom. The first kappa shape index (κ1) is 20.3. The Labute approximate surface area is 169 Å². The summed E-state index contributed by atoms with van der Waals surface area (Å²) in [5, 5.41) is 2.82. The minimum absolute atomic E-state index is 0.0483. The van der Waals surface area contributed by atoms with Crippen LogP contribution < -0.4 is 10.0 Å². The zero-order chi connectivity index (χ0) is 20.9. The second-order valence-corrected chi connectivity index (χ2v) is 8.11. The number of carbonyl (C=O) groups excluding carboxylic acids is 2. The Kier molecular flexibility index (Phi) is 6.09. The number of anilines is 1. The van der Waals surface area contributed by atoms with Gasteiger partial charge in [-0.15, -0.1) is 0 Å². The lowest BCUT2D eigenvalue weighted by atomic mass is 10.2. The number of hydrogen-bond donors (Lipinski definition) is 2. The van der Waals surface area contributed by atoms with Crippen LogP contribution in [0.25, 0.3) is 0 Å². The average Bonchev–Trinajstić information content (AvgIpc) is 2.73. The summed E-state index contributed by atoms with van der Waals surface area (Å²) >= 11 is 0. The predicted molar refractivity (Wildman–Crippen MR) is 111 cm³/mol. The van der Waals surface area contributed by atoms with Gasteiger partial charge in [-0.2, -0.15) is 0 Å². The number of rotatable bonds is 7. The van der Waals surface area contributed by atoms with E-state index in [1.54, 1.807) is 12.1 Å². The summed E-state index contributed by atoms with van der Waals surface area (Å²) in [5.41, 5.74) is 2.19. The number of Topliss-reactive ketones (excluding diaryl/α,β-unsaturated/α-hetero) is 1. The summed E-state index contributed by atoms with van der Waals surface area (Å²) in [6.07, 6.45) is 0. The van der Waals surface area contributed by atoms with Crippen molar-refractivity contribution in [3.8, 4) is 0 Å². The van der Waals surface area contributed by atoms with Crippen LogP contribution in [0.1, 0.15) is 33.2 Å². The van der Waals surface area contributed by atoms with Gasteiger partial charge in [0.2, 0.25) is 0 Å². The van der Waals surface area contributed by atoms with E-state index < -0.39 is 10.0 Å². The largest absolute Gasteiger partial charge is 0.348 e. The average molecular weight is 408 g/mol. The Balaban J connectivity index is 1.64. The molecule has 0 radical (unpaired) electrons. The molecule has 0 aromatic heterocycles. The van der Waals surface area contributed by atoms with Gasteiger partial charge in [0.25, 0.3) is 15.9 Å². The van der Waals surface area contributed by atoms with Crippen LogP contribution in [0.5, 0.6) is 0 Å². The first-order valence-electron chi connectivity index (χ1n) is 8.91. The minimum Gasteiger partial charge on any atom is -0.348 e. The molecule has 29 heavy (non-hydrogen) atoms. The topological polar surface area (TPSA) is 92.3 Å². The highest BCUT2D eigenvalue weighted by Gasteiger charge is 2.15. The molecule has 0 unspecified atom stereocenters. The molecule has 7 heteroatoms. The third-order valence-corrected chi connectivity index (χ3v) is 5.66. The molecule has 3 aromatic carbocycles. The molecule has 148 valence electrons. The molecule has 0 atom stereocenters. The fraction of sp³-hybridized carbons (Fsp3) is 0.0909. The van der Waals surface area contributed by atoms with Gasteiger partial charge in [0, 0.05) is 23.4 Å². The first-order chi connectivity index (χ1) is 13.8. The van der Waals surface area contributed by atoms with E-state index in [4.69, 9.17) is 0 Å². The van der Waals surface area contributed by atoms with E-state index in [1.807, 2.05) is 30.3 Å². The molecule has 0 fully saturated rings. The number of ketones is 1. The summed E-state index contributed by atoms with van der Waals surface area (Å²) in [7, 11) is -3.80. The van der Waals surface area contributed by atoms with Gasteiger partial charge in [0.1, 0.15) is 0 Å². The monoisotopic (exact) mass is 408 g/mol. The van der Waals surface area contributed by atoms with Crippen molar-refractivity contribution in [2.75, 3.05) is 4.72 Å². The van der Waals surface area contributed by atoms with Crippen molar-refractivity contribution >= 4 is 27.4 Å². The Morgan fingerprint density at radius 3 is 1.97 bits per heavy atom. The number of benzene rings is 3. The van der Waals surface area contributed by atoms with Gasteiger partial charge >= 0.3 is 0 Å². The van der Waals surface area contributed by atoms with Crippen LogP contribution in [-0.2, 0) is 16.6 Å². The Bertz CT molecular complexity index is 1110. The fourth-order valence-corrected chi connectivity index (χ4v) is 3.71. The molecule has 0 heterocycles. The third kappa shape index (κ3) is 5.30. The van der Waals surface area contributed by atoms with Crippen LogP contribution in [0.4, 0.5) is 5.69 Å². The van der Waals surface area contributed by atoms with E-state index in [2.05, 4.69) is 10.0 Å². The minimum atomic E-state index is -3.80. The summed E-state index contributed by atoms with van der Waals surface area (Å²) in [5.74, 6) is -0.383. The maximum absolute atomic E-state index is 12.5. The first-order valence-corrected chi connectivity index (χ1v) is 10.4. The Hall–Kier alpha value is -3.45. The number of nitrogens with one attached hydrogen (secondary N) is 2. The van der Waals surface area contributed by atoms with Gasteiger partial charge in [-0.1, -0.05) is 42.5 Å². The van der Waals surface area contributed by atoms with Crippen LogP contribution in [0.2, 0.25) is 0 Å². The van der Waals surface area contributed by atoms with Crippen molar-refractivity contribution in [3.05, 3.63) is 95.6 Å². The van der Waals surface area contributed by atoms with E-state index in [0.717, 1.165) is 5.56 Å². The summed E-state index contributed by atoms with van der Waals surface area (Å²) in [6.45, 7) is 1.82. The lowest BCUT2D eigenvalue weighted by molar-refractivity contribution is 0.0950. The molecule has 1 amide bonds. The lowest BCUT2D eigenvalue weighted by Gasteiger charge is -2.10. The second kappa shape index (κ2) is 8.70. The summed E-state index contributed by atoms with van der Waals surface area (Å²) in [4.78, 5) is 23.6. The zero-order valence-corrected chi connectivity index (χ0v) is 16.6. The molecular weight excluding hydrogens is 388 g/mol. The van der Waals surface area contributed by atoms with E-state index in [-0.39, 0.29) is 16.6 Å². The predicted octanol–water partition coefficient (Wildman–Crippen LogP) is 3.62. The molecule has 0 aliphatic carbocycles. The van der Waals surface area contributed by atoms with Crippen molar-refractivity contribution in [1.82, 2.24) is 5.32 Å². The van der Waals surface area contributed by atoms with Crippen LogP contribution in [0.3, 0.4) is 0 Å². The lowest BCUT2D eigenvalue weighted by Crippen LogP contribution is -2.22. The Morgan fingerprint density at radius 2 is 1.38 bits per heavy atom. The normalized spacial score (nSPS) is 10.9. The van der Waals surface area contributed by atoms with Gasteiger partial charge in [-0.25, -0.2) is 8.42 Å². The van der Waals surface area contributed by atoms with Crippen molar-refractivity contribution < 1.29 is 18.0 Å². The van der Waals surface area contributed by atoms with E-state index >= 15 is 0 Å². The SMILES string of the molecule is CC(=O)c1ccc(S(=O)(=O)Nc2ccc(C(=O)NCc3ccccc3)cc2)cc1. The van der Waals surface area contributed by atoms with E-state index in [1.165, 1.54) is 43.3 Å². The maximum Gasteiger partial charge on any atom is 0.261 e. The van der Waals surface area contributed by atoms with Gasteiger partial charge < -0.3 is 5.32 Å². The van der Waals surface area contributed by atoms with E-state index in [0.29, 0.717) is 23.4 Å². The molecule has 3 aromatic rings. The molecule has 0 aliphatic heterocycles. The van der Waals surface area contributed by atoms with E-state index in [9.17, 15) is 18.0 Å². The zero-order valence-electron chi connectivity index (χ0n) is 15.8. The summed E-state index contributed by atoms with van der Waals surface area (Å²) in [6, 6.07) is 21.4. The van der Waals surface area contributed by atoms with Crippen molar-refractivity contribution in [1.29, 1.82) is 0 Å². The number of hydrogen-bond acceptors (Lipinski definition) is 4. The van der Waals surface area contributed by atoms with Crippen LogP contribution in [0.15, 0.2) is 83.8 Å². The van der Waals surface area contributed by atoms with Crippen LogP contribution in [0, 0.1) is 0 Å². The molecule has 0 bridgehead atoms. The molecule has 2 N–H and O–H groups in total. The molecule has 6 nitrogen and oxygen atoms in total. The fourth-order valence-electron chi connectivity index (χ4n) is 2.65. The highest BCUT2D eigenvalue weighted by molar-refractivity contribution is 7.92. The third-order valence-electron chi connectivity index (χ3n) is 4.27. The molecule has 0 saturated carbocycles. The van der Waals surface area contributed by atoms with Gasteiger partial charge in [-0.3, -0.25) is 14.3 Å². The molecule has 0 saturated heterocycles. The van der Waals surface area contributed by atoms with Crippen molar-refractivity contribution in [2.45, 2.75) is 18.4 Å². The van der Waals surface area contributed by atoms with Crippen molar-refractivity contribution in [2.24, 2.45) is 0 Å².